The van der Waals surface area contributed by atoms with Crippen LogP contribution >= 0.6 is 0 Å². The zero-order valence-corrected chi connectivity index (χ0v) is 14.6. The smallest absolute Gasteiger partial charge is 0.287 e. The average Bonchev–Trinajstić information content (AvgIpc) is 3.36. The van der Waals surface area contributed by atoms with Crippen LogP contribution in [-0.4, -0.2) is 37.1 Å². The molecule has 3 rings (SSSR count). The van der Waals surface area contributed by atoms with E-state index in [1.807, 2.05) is 30.3 Å². The molecule has 1 aromatic heterocycles. The molecule has 2 atom stereocenters. The second-order valence-electron chi connectivity index (χ2n) is 6.41. The average molecular weight is 356 g/mol. The summed E-state index contributed by atoms with van der Waals surface area (Å²) >= 11 is 0. The van der Waals surface area contributed by atoms with Crippen LogP contribution in [0.4, 0.5) is 0 Å². The Labute approximate surface area is 152 Å². The molecule has 6 heteroatoms. The third kappa shape index (κ3) is 5.20. The molecule has 2 unspecified atom stereocenters. The van der Waals surface area contributed by atoms with Gasteiger partial charge in [0.2, 0.25) is 5.91 Å². The Morgan fingerprint density at radius 3 is 2.69 bits per heavy atom. The molecule has 0 aliphatic carbocycles. The molecule has 6 nitrogen and oxygen atoms in total. The first kappa shape index (κ1) is 18.2. The van der Waals surface area contributed by atoms with Gasteiger partial charge in [0.1, 0.15) is 6.04 Å². The molecule has 1 aromatic carbocycles. The van der Waals surface area contributed by atoms with E-state index in [1.165, 1.54) is 6.26 Å². The van der Waals surface area contributed by atoms with Gasteiger partial charge in [-0.1, -0.05) is 30.3 Å². The lowest BCUT2D eigenvalue weighted by molar-refractivity contribution is -0.123. The van der Waals surface area contributed by atoms with Gasteiger partial charge in [-0.15, -0.1) is 0 Å². The van der Waals surface area contributed by atoms with Crippen LogP contribution in [0.2, 0.25) is 0 Å². The molecular formula is C20H24N2O4. The van der Waals surface area contributed by atoms with Gasteiger partial charge in [-0.3, -0.25) is 9.59 Å². The highest BCUT2D eigenvalue weighted by Gasteiger charge is 2.23. The largest absolute Gasteiger partial charge is 0.459 e. The molecule has 2 heterocycles. The Bertz CT molecular complexity index is 694. The summed E-state index contributed by atoms with van der Waals surface area (Å²) in [6, 6.07) is 12.2. The maximum Gasteiger partial charge on any atom is 0.287 e. The van der Waals surface area contributed by atoms with Crippen molar-refractivity contribution in [3.63, 3.8) is 0 Å². The summed E-state index contributed by atoms with van der Waals surface area (Å²) in [7, 11) is 0. The predicted octanol–water partition coefficient (Wildman–Crippen LogP) is 2.31. The minimum atomic E-state index is -0.667. The van der Waals surface area contributed by atoms with Gasteiger partial charge in [0.15, 0.2) is 5.76 Å². The number of furan rings is 1. The molecule has 1 aliphatic heterocycles. The molecule has 0 spiro atoms. The standard InChI is InChI=1S/C20H24N2O4/c23-19(21-11-10-16-8-4-12-25-16)17(14-15-6-2-1-3-7-15)22-20(24)18-9-5-13-26-18/h1-3,5-7,9,13,16-17H,4,8,10-12,14H2,(H,21,23)(H,22,24). The van der Waals surface area contributed by atoms with Crippen molar-refractivity contribution in [3.05, 3.63) is 60.1 Å². The van der Waals surface area contributed by atoms with Crippen LogP contribution in [0.3, 0.4) is 0 Å². The monoisotopic (exact) mass is 356 g/mol. The number of carbonyl (C=O) groups is 2. The Balaban J connectivity index is 1.59. The highest BCUT2D eigenvalue weighted by molar-refractivity contribution is 5.95. The van der Waals surface area contributed by atoms with Gasteiger partial charge in [0.05, 0.1) is 12.4 Å². The topological polar surface area (TPSA) is 80.6 Å². The summed E-state index contributed by atoms with van der Waals surface area (Å²) in [5, 5.41) is 5.69. The van der Waals surface area contributed by atoms with E-state index in [0.29, 0.717) is 13.0 Å². The SMILES string of the molecule is O=C(NC(Cc1ccccc1)C(=O)NCCC1CCCO1)c1ccco1. The molecule has 0 radical (unpaired) electrons. The number of rotatable bonds is 8. The van der Waals surface area contributed by atoms with Crippen molar-refractivity contribution in [2.45, 2.75) is 37.8 Å². The summed E-state index contributed by atoms with van der Waals surface area (Å²) in [5.41, 5.74) is 0.978. The second kappa shape index (κ2) is 9.20. The third-order valence-corrected chi connectivity index (χ3v) is 4.44. The summed E-state index contributed by atoms with van der Waals surface area (Å²) in [5.74, 6) is -0.410. The molecule has 138 valence electrons. The minimum Gasteiger partial charge on any atom is -0.459 e. The number of hydrogen-bond acceptors (Lipinski definition) is 4. The van der Waals surface area contributed by atoms with Crippen molar-refractivity contribution in [3.8, 4) is 0 Å². The number of carbonyl (C=O) groups excluding carboxylic acids is 2. The summed E-state index contributed by atoms with van der Waals surface area (Å²) < 4.78 is 10.7. The van der Waals surface area contributed by atoms with Crippen molar-refractivity contribution in [1.82, 2.24) is 10.6 Å². The van der Waals surface area contributed by atoms with Gasteiger partial charge in [-0.25, -0.2) is 0 Å². The van der Waals surface area contributed by atoms with Gasteiger partial charge >= 0.3 is 0 Å². The zero-order valence-electron chi connectivity index (χ0n) is 14.6. The lowest BCUT2D eigenvalue weighted by Gasteiger charge is -2.19. The molecule has 2 amide bonds. The van der Waals surface area contributed by atoms with E-state index in [9.17, 15) is 9.59 Å². The zero-order chi connectivity index (χ0) is 18.2. The molecule has 1 fully saturated rings. The van der Waals surface area contributed by atoms with Crippen LogP contribution in [0, 0.1) is 0 Å². The Hall–Kier alpha value is -2.60. The van der Waals surface area contributed by atoms with E-state index in [2.05, 4.69) is 10.6 Å². The summed E-state index contributed by atoms with van der Waals surface area (Å²) in [4.78, 5) is 24.9. The highest BCUT2D eigenvalue weighted by Crippen LogP contribution is 2.14. The van der Waals surface area contributed by atoms with Gasteiger partial charge in [0.25, 0.3) is 5.91 Å². The fraction of sp³-hybridized carbons (Fsp3) is 0.400. The minimum absolute atomic E-state index is 0.190. The maximum absolute atomic E-state index is 12.6. The maximum atomic E-state index is 12.6. The van der Waals surface area contributed by atoms with Crippen molar-refractivity contribution in [1.29, 1.82) is 0 Å². The van der Waals surface area contributed by atoms with E-state index in [4.69, 9.17) is 9.15 Å². The van der Waals surface area contributed by atoms with Crippen LogP contribution in [0.25, 0.3) is 0 Å². The van der Waals surface area contributed by atoms with Crippen LogP contribution in [0.1, 0.15) is 35.4 Å². The molecule has 2 N–H and O–H groups in total. The van der Waals surface area contributed by atoms with Crippen LogP contribution in [0.5, 0.6) is 0 Å². The van der Waals surface area contributed by atoms with Crippen molar-refractivity contribution in [2.24, 2.45) is 0 Å². The molecule has 0 saturated carbocycles. The first-order chi connectivity index (χ1) is 12.7. The number of nitrogens with one attached hydrogen (secondary N) is 2. The summed E-state index contributed by atoms with van der Waals surface area (Å²) in [6.45, 7) is 1.33. The Kier molecular flexibility index (Phi) is 6.44. The van der Waals surface area contributed by atoms with E-state index in [1.54, 1.807) is 12.1 Å². The molecular weight excluding hydrogens is 332 g/mol. The molecule has 26 heavy (non-hydrogen) atoms. The van der Waals surface area contributed by atoms with Crippen molar-refractivity contribution >= 4 is 11.8 Å². The highest BCUT2D eigenvalue weighted by atomic mass is 16.5. The first-order valence-electron chi connectivity index (χ1n) is 9.00. The van der Waals surface area contributed by atoms with Gasteiger partial charge in [-0.05, 0) is 37.0 Å². The van der Waals surface area contributed by atoms with Crippen molar-refractivity contribution < 1.29 is 18.7 Å². The normalized spacial score (nSPS) is 17.6. The van der Waals surface area contributed by atoms with Gasteiger partial charge < -0.3 is 19.8 Å². The van der Waals surface area contributed by atoms with E-state index in [0.717, 1.165) is 31.4 Å². The number of amides is 2. The molecule has 0 bridgehead atoms. The van der Waals surface area contributed by atoms with Crippen LogP contribution < -0.4 is 10.6 Å². The lowest BCUT2D eigenvalue weighted by atomic mass is 10.0. The Morgan fingerprint density at radius 2 is 2.00 bits per heavy atom. The Morgan fingerprint density at radius 1 is 1.15 bits per heavy atom. The van der Waals surface area contributed by atoms with Crippen molar-refractivity contribution in [2.75, 3.05) is 13.2 Å². The number of hydrogen-bond donors (Lipinski definition) is 2. The summed E-state index contributed by atoms with van der Waals surface area (Å²) in [6.07, 6.45) is 4.98. The quantitative estimate of drug-likeness (QED) is 0.761. The predicted molar refractivity (Wildman–Crippen MR) is 96.7 cm³/mol. The molecule has 1 saturated heterocycles. The molecule has 1 aliphatic rings. The van der Waals surface area contributed by atoms with E-state index < -0.39 is 11.9 Å². The van der Waals surface area contributed by atoms with E-state index >= 15 is 0 Å². The third-order valence-electron chi connectivity index (χ3n) is 4.44. The van der Waals surface area contributed by atoms with Gasteiger partial charge in [0, 0.05) is 19.6 Å². The fourth-order valence-electron chi connectivity index (χ4n) is 3.05. The molecule has 2 aromatic rings. The number of ether oxygens (including phenoxy) is 1. The lowest BCUT2D eigenvalue weighted by Crippen LogP contribution is -2.48. The van der Waals surface area contributed by atoms with E-state index in [-0.39, 0.29) is 17.8 Å². The van der Waals surface area contributed by atoms with Crippen LogP contribution in [0.15, 0.2) is 53.1 Å². The first-order valence-corrected chi connectivity index (χ1v) is 9.00. The second-order valence-corrected chi connectivity index (χ2v) is 6.41. The van der Waals surface area contributed by atoms with Crippen LogP contribution in [-0.2, 0) is 16.0 Å². The fourth-order valence-corrected chi connectivity index (χ4v) is 3.05. The van der Waals surface area contributed by atoms with Gasteiger partial charge in [-0.2, -0.15) is 0 Å². The number of benzene rings is 1.